The summed E-state index contributed by atoms with van der Waals surface area (Å²) in [7, 11) is 0. The van der Waals surface area contributed by atoms with Crippen LogP contribution in [0.3, 0.4) is 0 Å². The van der Waals surface area contributed by atoms with Crippen molar-refractivity contribution in [2.45, 2.75) is 52.5 Å². The average molecular weight is 438 g/mol. The number of carbonyl (C=O) groups is 1. The van der Waals surface area contributed by atoms with Crippen LogP contribution < -0.4 is 4.90 Å². The molecule has 1 amide bonds. The smallest absolute Gasteiger partial charge is 0.260 e. The van der Waals surface area contributed by atoms with E-state index in [0.717, 1.165) is 40.8 Å². The van der Waals surface area contributed by atoms with Gasteiger partial charge in [-0.15, -0.1) is 0 Å². The number of allylic oxidation sites excluding steroid dienone is 2. The van der Waals surface area contributed by atoms with Gasteiger partial charge in [-0.1, -0.05) is 119 Å². The fourth-order valence-corrected chi connectivity index (χ4v) is 4.56. The molecule has 0 radical (unpaired) electrons. The van der Waals surface area contributed by atoms with Gasteiger partial charge in [0.05, 0.1) is 0 Å². The largest absolute Gasteiger partial charge is 0.290 e. The van der Waals surface area contributed by atoms with Crippen molar-refractivity contribution >= 4 is 11.6 Å². The Labute approximate surface area is 199 Å². The van der Waals surface area contributed by atoms with Gasteiger partial charge in [-0.2, -0.15) is 0 Å². The average Bonchev–Trinajstić information content (AvgIpc) is 3.17. The van der Waals surface area contributed by atoms with Gasteiger partial charge in [-0.3, -0.25) is 9.69 Å². The van der Waals surface area contributed by atoms with Crippen molar-refractivity contribution in [2.75, 3.05) is 4.90 Å². The van der Waals surface area contributed by atoms with E-state index in [1.54, 1.807) is 0 Å². The van der Waals surface area contributed by atoms with Crippen LogP contribution in [0.15, 0.2) is 109 Å². The topological polar surface area (TPSA) is 20.3 Å². The first-order chi connectivity index (χ1) is 16.2. The Kier molecular flexibility index (Phi) is 8.43. The second kappa shape index (κ2) is 11.5. The molecule has 1 aliphatic carbocycles. The Morgan fingerprint density at radius 1 is 0.788 bits per heavy atom. The first kappa shape index (κ1) is 24.3. The third-order valence-electron chi connectivity index (χ3n) is 5.70. The Balaban J connectivity index is 0.000000569. The lowest BCUT2D eigenvalue weighted by molar-refractivity contribution is 0.0986. The molecule has 3 aromatic carbocycles. The Hall–Kier alpha value is -3.39. The molecule has 1 unspecified atom stereocenters. The molecule has 2 heteroatoms. The SMILES string of the molecule is CC.CCC.O=C1c2ccccc2C(C2=CCCC=C2)(c2ccccc2)N1c1ccccc1. The second-order valence-corrected chi connectivity index (χ2v) is 7.94. The molecule has 3 aromatic rings. The molecule has 5 rings (SSSR count). The van der Waals surface area contributed by atoms with Crippen molar-refractivity contribution in [1.29, 1.82) is 0 Å². The molecule has 0 fully saturated rings. The van der Waals surface area contributed by atoms with Gasteiger partial charge in [0.2, 0.25) is 0 Å². The number of carbonyl (C=O) groups excluding carboxylic acids is 1. The number of hydrogen-bond acceptors (Lipinski definition) is 1. The summed E-state index contributed by atoms with van der Waals surface area (Å²) in [6.07, 6.45) is 9.98. The van der Waals surface area contributed by atoms with E-state index in [1.165, 1.54) is 6.42 Å². The summed E-state index contributed by atoms with van der Waals surface area (Å²) in [5, 5.41) is 0. The van der Waals surface area contributed by atoms with Crippen LogP contribution in [0.5, 0.6) is 0 Å². The van der Waals surface area contributed by atoms with Gasteiger partial charge >= 0.3 is 0 Å². The summed E-state index contributed by atoms with van der Waals surface area (Å²) < 4.78 is 0. The van der Waals surface area contributed by atoms with Crippen LogP contribution in [0.25, 0.3) is 0 Å². The first-order valence-electron chi connectivity index (χ1n) is 12.2. The molecule has 170 valence electrons. The maximum atomic E-state index is 13.7. The first-order valence-corrected chi connectivity index (χ1v) is 12.2. The fraction of sp³-hybridized carbons (Fsp3) is 0.258. The summed E-state index contributed by atoms with van der Waals surface area (Å²) in [5.74, 6) is 0.0468. The highest BCUT2D eigenvalue weighted by atomic mass is 16.2. The molecule has 2 aliphatic rings. The van der Waals surface area contributed by atoms with Gasteiger partial charge < -0.3 is 0 Å². The minimum absolute atomic E-state index is 0.0468. The van der Waals surface area contributed by atoms with Gasteiger partial charge in [0.25, 0.3) is 5.91 Å². The molecular weight excluding hydrogens is 402 g/mol. The summed E-state index contributed by atoms with van der Waals surface area (Å²) >= 11 is 0. The van der Waals surface area contributed by atoms with Gasteiger partial charge in [0, 0.05) is 11.3 Å². The van der Waals surface area contributed by atoms with Crippen LogP contribution in [0.4, 0.5) is 5.69 Å². The molecule has 0 aromatic heterocycles. The van der Waals surface area contributed by atoms with Gasteiger partial charge in [-0.25, -0.2) is 0 Å². The summed E-state index contributed by atoms with van der Waals surface area (Å²) in [6.45, 7) is 8.25. The van der Waals surface area contributed by atoms with Crippen molar-refractivity contribution in [3.63, 3.8) is 0 Å². The van der Waals surface area contributed by atoms with Crippen LogP contribution in [0.1, 0.15) is 68.4 Å². The minimum atomic E-state index is -0.660. The lowest BCUT2D eigenvalue weighted by Gasteiger charge is -2.41. The molecule has 0 spiro atoms. The predicted molar refractivity (Wildman–Crippen MR) is 141 cm³/mol. The highest BCUT2D eigenvalue weighted by Crippen LogP contribution is 2.51. The normalized spacial score (nSPS) is 18.4. The number of anilines is 1. The van der Waals surface area contributed by atoms with E-state index in [1.807, 2.05) is 73.3 Å². The maximum absolute atomic E-state index is 13.7. The van der Waals surface area contributed by atoms with Gasteiger partial charge in [0.15, 0.2) is 0 Å². The van der Waals surface area contributed by atoms with E-state index in [0.29, 0.717) is 0 Å². The van der Waals surface area contributed by atoms with Crippen molar-refractivity contribution in [2.24, 2.45) is 0 Å². The van der Waals surface area contributed by atoms with E-state index >= 15 is 0 Å². The summed E-state index contributed by atoms with van der Waals surface area (Å²) in [6, 6.07) is 28.5. The van der Waals surface area contributed by atoms with Crippen LogP contribution in [-0.4, -0.2) is 5.91 Å². The summed E-state index contributed by atoms with van der Waals surface area (Å²) in [5.41, 5.74) is 4.34. The Morgan fingerprint density at radius 2 is 1.36 bits per heavy atom. The van der Waals surface area contributed by atoms with Crippen LogP contribution in [0.2, 0.25) is 0 Å². The van der Waals surface area contributed by atoms with Gasteiger partial charge in [-0.05, 0) is 47.7 Å². The number of nitrogens with zero attached hydrogens (tertiary/aromatic N) is 1. The Morgan fingerprint density at radius 3 is 1.97 bits per heavy atom. The monoisotopic (exact) mass is 437 g/mol. The van der Waals surface area contributed by atoms with Crippen molar-refractivity contribution in [3.8, 4) is 0 Å². The molecule has 0 bridgehead atoms. The number of amides is 1. The van der Waals surface area contributed by atoms with Gasteiger partial charge in [0.1, 0.15) is 5.54 Å². The minimum Gasteiger partial charge on any atom is -0.290 e. The number of para-hydroxylation sites is 1. The molecular formula is C31H35NO. The van der Waals surface area contributed by atoms with Crippen LogP contribution in [-0.2, 0) is 5.54 Å². The lowest BCUT2D eigenvalue weighted by Crippen LogP contribution is -2.46. The van der Waals surface area contributed by atoms with E-state index in [9.17, 15) is 4.79 Å². The molecule has 0 N–H and O–H groups in total. The molecule has 2 nitrogen and oxygen atoms in total. The standard InChI is InChI=1S/C26H21NO.C3H8.C2H6/c28-25-23-18-10-11-19-24(23)26(20-12-4-1-5-13-20,21-14-6-2-7-15-21)27(25)22-16-8-3-9-17-22;1-3-2;1-2/h1,3-6,8-19H,2,7H2;3H2,1-2H3;1-2H3. The molecule has 1 heterocycles. The van der Waals surface area contributed by atoms with Crippen LogP contribution >= 0.6 is 0 Å². The zero-order valence-corrected chi connectivity index (χ0v) is 20.3. The predicted octanol–water partition coefficient (Wildman–Crippen LogP) is 8.31. The number of rotatable bonds is 3. The van der Waals surface area contributed by atoms with E-state index in [4.69, 9.17) is 0 Å². The third-order valence-corrected chi connectivity index (χ3v) is 5.70. The van der Waals surface area contributed by atoms with Crippen molar-refractivity contribution in [3.05, 3.63) is 125 Å². The van der Waals surface area contributed by atoms with E-state index in [-0.39, 0.29) is 5.91 Å². The maximum Gasteiger partial charge on any atom is 0.260 e. The van der Waals surface area contributed by atoms with Crippen LogP contribution in [0, 0.1) is 0 Å². The zero-order chi connectivity index (χ0) is 23.7. The fourth-order valence-electron chi connectivity index (χ4n) is 4.56. The Bertz CT molecular complexity index is 1100. The van der Waals surface area contributed by atoms with E-state index < -0.39 is 5.54 Å². The highest BCUT2D eigenvalue weighted by Gasteiger charge is 2.53. The molecule has 1 atom stereocenters. The molecule has 0 saturated carbocycles. The number of fused-ring (bicyclic) bond motifs is 1. The lowest BCUT2D eigenvalue weighted by atomic mass is 9.75. The molecule has 0 saturated heterocycles. The highest BCUT2D eigenvalue weighted by molar-refractivity contribution is 6.14. The second-order valence-electron chi connectivity index (χ2n) is 7.94. The number of hydrogen-bond donors (Lipinski definition) is 0. The van der Waals surface area contributed by atoms with Crippen molar-refractivity contribution < 1.29 is 4.79 Å². The van der Waals surface area contributed by atoms with Crippen molar-refractivity contribution in [1.82, 2.24) is 0 Å². The van der Waals surface area contributed by atoms with E-state index in [2.05, 4.69) is 62.4 Å². The third kappa shape index (κ3) is 4.43. The zero-order valence-electron chi connectivity index (χ0n) is 20.3. The summed E-state index contributed by atoms with van der Waals surface area (Å²) in [4.78, 5) is 15.7. The molecule has 33 heavy (non-hydrogen) atoms. The molecule has 1 aliphatic heterocycles. The quantitative estimate of drug-likeness (QED) is 0.403. The number of benzene rings is 3.